The summed E-state index contributed by atoms with van der Waals surface area (Å²) in [6.07, 6.45) is 10.5. The Morgan fingerprint density at radius 2 is 2.14 bits per heavy atom. The number of nitrogens with zero attached hydrogens (tertiary/aromatic N) is 2. The number of hydrogen-bond acceptors (Lipinski definition) is 6. The maximum absolute atomic E-state index is 12.1. The Labute approximate surface area is 168 Å². The minimum absolute atomic E-state index is 0.0363. The van der Waals surface area contributed by atoms with Crippen LogP contribution in [-0.2, 0) is 4.79 Å². The van der Waals surface area contributed by atoms with Gasteiger partial charge in [0.25, 0.3) is 11.8 Å². The molecule has 2 fully saturated rings. The molecule has 3 amide bonds. The number of imide groups is 1. The first-order valence-corrected chi connectivity index (χ1v) is 10.1. The van der Waals surface area contributed by atoms with Gasteiger partial charge >= 0.3 is 6.03 Å². The first-order chi connectivity index (χ1) is 14.1. The lowest BCUT2D eigenvalue weighted by molar-refractivity contribution is -0.125. The number of aromatic nitrogens is 1. The zero-order valence-corrected chi connectivity index (χ0v) is 16.1. The van der Waals surface area contributed by atoms with Gasteiger partial charge in [0.1, 0.15) is 18.2 Å². The fourth-order valence-electron chi connectivity index (χ4n) is 4.44. The first kappa shape index (κ1) is 18.2. The molecule has 5 rings (SSSR count). The predicted molar refractivity (Wildman–Crippen MR) is 105 cm³/mol. The summed E-state index contributed by atoms with van der Waals surface area (Å²) in [5, 5.41) is 5.17. The van der Waals surface area contributed by atoms with Crippen LogP contribution in [0.4, 0.5) is 4.79 Å². The summed E-state index contributed by atoms with van der Waals surface area (Å²) >= 11 is 0. The van der Waals surface area contributed by atoms with E-state index in [9.17, 15) is 9.59 Å². The number of carbonyl (C=O) groups excluding carboxylic acids is 2. The van der Waals surface area contributed by atoms with Gasteiger partial charge in [-0.3, -0.25) is 15.0 Å². The second kappa shape index (κ2) is 7.18. The number of urea groups is 1. The molecule has 29 heavy (non-hydrogen) atoms. The van der Waals surface area contributed by atoms with Crippen LogP contribution in [0.3, 0.4) is 0 Å². The molecule has 2 atom stereocenters. The molecule has 152 valence electrons. The van der Waals surface area contributed by atoms with Crippen molar-refractivity contribution >= 4 is 11.9 Å². The second-order valence-corrected chi connectivity index (χ2v) is 8.08. The van der Waals surface area contributed by atoms with Crippen LogP contribution < -0.4 is 20.1 Å². The van der Waals surface area contributed by atoms with Crippen LogP contribution in [0.25, 0.3) is 0 Å². The van der Waals surface area contributed by atoms with Gasteiger partial charge in [0.15, 0.2) is 5.75 Å². The number of amides is 3. The molecule has 1 aromatic rings. The van der Waals surface area contributed by atoms with E-state index in [1.54, 1.807) is 6.20 Å². The summed E-state index contributed by atoms with van der Waals surface area (Å²) < 4.78 is 11.8. The van der Waals surface area contributed by atoms with E-state index >= 15 is 0 Å². The first-order valence-electron chi connectivity index (χ1n) is 10.1. The Balaban J connectivity index is 1.14. The van der Waals surface area contributed by atoms with Gasteiger partial charge in [-0.2, -0.15) is 0 Å². The normalized spacial score (nSPS) is 28.1. The fraction of sp³-hybridized carbons (Fsp3) is 0.476. The Bertz CT molecular complexity index is 888. The summed E-state index contributed by atoms with van der Waals surface area (Å²) in [5.74, 6) is 1.34. The van der Waals surface area contributed by atoms with E-state index in [1.165, 1.54) is 5.57 Å². The summed E-state index contributed by atoms with van der Waals surface area (Å²) in [5.41, 5.74) is 0.560. The van der Waals surface area contributed by atoms with Gasteiger partial charge in [0, 0.05) is 31.7 Å². The SMILES string of the molecule is O=C1NC(=O)C2(CCN(CC3=CCC([C@H]4COc5cccnc5O4)C=C3)CC2)N1. The third kappa shape index (κ3) is 3.48. The van der Waals surface area contributed by atoms with Crippen molar-refractivity contribution in [2.45, 2.75) is 30.9 Å². The Morgan fingerprint density at radius 1 is 1.28 bits per heavy atom. The lowest BCUT2D eigenvalue weighted by atomic mass is 9.87. The van der Waals surface area contributed by atoms with Crippen molar-refractivity contribution in [2.75, 3.05) is 26.2 Å². The molecular formula is C21H24N4O4. The highest BCUT2D eigenvalue weighted by Crippen LogP contribution is 2.33. The van der Waals surface area contributed by atoms with Crippen molar-refractivity contribution in [1.82, 2.24) is 20.5 Å². The number of rotatable bonds is 3. The van der Waals surface area contributed by atoms with Crippen molar-refractivity contribution < 1.29 is 19.1 Å². The highest BCUT2D eigenvalue weighted by molar-refractivity contribution is 6.07. The third-order valence-corrected chi connectivity index (χ3v) is 6.22. The van der Waals surface area contributed by atoms with Crippen LogP contribution in [0.2, 0.25) is 0 Å². The van der Waals surface area contributed by atoms with E-state index in [0.717, 1.165) is 26.1 Å². The molecule has 1 spiro atoms. The van der Waals surface area contributed by atoms with Gasteiger partial charge in [0.2, 0.25) is 0 Å². The number of likely N-dealkylation sites (tertiary alicyclic amines) is 1. The molecule has 0 saturated carbocycles. The lowest BCUT2D eigenvalue weighted by Gasteiger charge is -2.37. The monoisotopic (exact) mass is 396 g/mol. The van der Waals surface area contributed by atoms with Crippen LogP contribution in [-0.4, -0.2) is 59.7 Å². The number of pyridine rings is 1. The molecule has 2 N–H and O–H groups in total. The minimum Gasteiger partial charge on any atom is -0.484 e. The quantitative estimate of drug-likeness (QED) is 0.751. The molecule has 1 unspecified atom stereocenters. The number of allylic oxidation sites excluding steroid dienone is 1. The van der Waals surface area contributed by atoms with Crippen LogP contribution in [0.15, 0.2) is 42.1 Å². The molecule has 2 saturated heterocycles. The van der Waals surface area contributed by atoms with E-state index in [-0.39, 0.29) is 24.0 Å². The highest BCUT2D eigenvalue weighted by atomic mass is 16.6. The van der Waals surface area contributed by atoms with E-state index < -0.39 is 5.54 Å². The van der Waals surface area contributed by atoms with Crippen molar-refractivity contribution in [1.29, 1.82) is 0 Å². The number of carbonyl (C=O) groups is 2. The Morgan fingerprint density at radius 3 is 2.86 bits per heavy atom. The third-order valence-electron chi connectivity index (χ3n) is 6.22. The number of hydrogen-bond donors (Lipinski definition) is 2. The summed E-state index contributed by atoms with van der Waals surface area (Å²) in [4.78, 5) is 30.1. The van der Waals surface area contributed by atoms with Crippen LogP contribution in [0.1, 0.15) is 19.3 Å². The zero-order valence-electron chi connectivity index (χ0n) is 16.1. The molecule has 0 radical (unpaired) electrons. The van der Waals surface area contributed by atoms with Gasteiger partial charge < -0.3 is 14.8 Å². The van der Waals surface area contributed by atoms with Crippen LogP contribution in [0, 0.1) is 5.92 Å². The summed E-state index contributed by atoms with van der Waals surface area (Å²) in [7, 11) is 0. The largest absolute Gasteiger partial charge is 0.484 e. The van der Waals surface area contributed by atoms with Crippen molar-refractivity contribution in [3.05, 3.63) is 42.1 Å². The molecule has 1 aromatic heterocycles. The standard InChI is InChI=1S/C21H24N4O4/c26-19-21(24-20(27)23-19)7-10-25(11-8-21)12-14-3-5-15(6-4-14)17-13-28-16-2-1-9-22-18(16)29-17/h1-5,9,15,17H,6-8,10-13H2,(H2,23,24,26,27)/t15?,17-/m1/s1. The lowest BCUT2D eigenvalue weighted by Crippen LogP contribution is -2.55. The molecule has 3 aliphatic heterocycles. The Hall–Kier alpha value is -2.87. The van der Waals surface area contributed by atoms with Gasteiger partial charge in [0.05, 0.1) is 0 Å². The highest BCUT2D eigenvalue weighted by Gasteiger charge is 2.47. The van der Waals surface area contributed by atoms with Gasteiger partial charge in [-0.25, -0.2) is 9.78 Å². The van der Waals surface area contributed by atoms with Crippen molar-refractivity contribution in [3.8, 4) is 11.6 Å². The van der Waals surface area contributed by atoms with Crippen LogP contribution in [0.5, 0.6) is 11.6 Å². The zero-order chi connectivity index (χ0) is 19.8. The molecule has 4 aliphatic rings. The van der Waals surface area contributed by atoms with Crippen LogP contribution >= 0.6 is 0 Å². The van der Waals surface area contributed by atoms with E-state index in [2.05, 4.69) is 38.7 Å². The maximum Gasteiger partial charge on any atom is 0.322 e. The Kier molecular flexibility index (Phi) is 4.50. The van der Waals surface area contributed by atoms with Crippen molar-refractivity contribution in [2.24, 2.45) is 5.92 Å². The number of ether oxygens (including phenoxy) is 2. The minimum atomic E-state index is -0.710. The van der Waals surface area contributed by atoms with E-state index in [4.69, 9.17) is 9.47 Å². The molecule has 8 heteroatoms. The average molecular weight is 396 g/mol. The van der Waals surface area contributed by atoms with Gasteiger partial charge in [-0.15, -0.1) is 0 Å². The van der Waals surface area contributed by atoms with E-state index in [1.807, 2.05) is 12.1 Å². The number of nitrogens with one attached hydrogen (secondary N) is 2. The molecule has 8 nitrogen and oxygen atoms in total. The second-order valence-electron chi connectivity index (χ2n) is 8.08. The predicted octanol–water partition coefficient (Wildman–Crippen LogP) is 1.40. The van der Waals surface area contributed by atoms with Gasteiger partial charge in [-0.1, -0.05) is 18.2 Å². The molecule has 4 heterocycles. The van der Waals surface area contributed by atoms with E-state index in [0.29, 0.717) is 31.1 Å². The molecular weight excluding hydrogens is 372 g/mol. The molecule has 0 bridgehead atoms. The molecule has 1 aliphatic carbocycles. The summed E-state index contributed by atoms with van der Waals surface area (Å²) in [6, 6.07) is 3.34. The average Bonchev–Trinajstić information content (AvgIpc) is 3.02. The van der Waals surface area contributed by atoms with Crippen molar-refractivity contribution in [3.63, 3.8) is 0 Å². The number of piperidine rings is 1. The topological polar surface area (TPSA) is 92.8 Å². The molecule has 0 aromatic carbocycles. The number of fused-ring (bicyclic) bond motifs is 1. The smallest absolute Gasteiger partial charge is 0.322 e. The maximum atomic E-state index is 12.1. The summed E-state index contributed by atoms with van der Waals surface area (Å²) in [6.45, 7) is 2.94. The fourth-order valence-corrected chi connectivity index (χ4v) is 4.44. The van der Waals surface area contributed by atoms with Gasteiger partial charge in [-0.05, 0) is 37.0 Å².